The van der Waals surface area contributed by atoms with Crippen molar-refractivity contribution in [3.05, 3.63) is 35.4 Å². The van der Waals surface area contributed by atoms with E-state index < -0.39 is 0 Å². The molecule has 1 rings (SSSR count). The van der Waals surface area contributed by atoms with Crippen LogP contribution in [0.1, 0.15) is 22.8 Å². The van der Waals surface area contributed by atoms with Crippen LogP contribution in [0.25, 0.3) is 0 Å². The maximum absolute atomic E-state index is 12.1. The van der Waals surface area contributed by atoms with Gasteiger partial charge in [-0.25, -0.2) is 0 Å². The van der Waals surface area contributed by atoms with Crippen molar-refractivity contribution in [2.75, 3.05) is 26.8 Å². The van der Waals surface area contributed by atoms with Crippen LogP contribution in [0.5, 0.6) is 0 Å². The van der Waals surface area contributed by atoms with Crippen molar-refractivity contribution in [2.45, 2.75) is 12.8 Å². The summed E-state index contributed by atoms with van der Waals surface area (Å²) in [6, 6.07) is 7.39. The third-order valence-electron chi connectivity index (χ3n) is 2.59. The fraction of sp³-hybridized carbons (Fsp3) is 0.462. The number of amides is 1. The summed E-state index contributed by atoms with van der Waals surface area (Å²) in [6.07, 6.45) is 0. The van der Waals surface area contributed by atoms with E-state index in [1.807, 2.05) is 31.2 Å². The molecule has 0 fully saturated rings. The Morgan fingerprint density at radius 3 is 2.47 bits per heavy atom. The van der Waals surface area contributed by atoms with Crippen LogP contribution in [-0.4, -0.2) is 37.6 Å². The summed E-state index contributed by atoms with van der Waals surface area (Å²) < 4.78 is 4.99. The van der Waals surface area contributed by atoms with Gasteiger partial charge in [-0.05, 0) is 24.6 Å². The van der Waals surface area contributed by atoms with Gasteiger partial charge in [0.2, 0.25) is 0 Å². The van der Waals surface area contributed by atoms with Gasteiger partial charge in [0.05, 0.1) is 6.61 Å². The molecule has 1 aromatic carbocycles. The van der Waals surface area contributed by atoms with E-state index in [2.05, 4.69) is 0 Å². The Bertz CT molecular complexity index is 351. The van der Waals surface area contributed by atoms with Crippen molar-refractivity contribution < 1.29 is 9.53 Å². The first-order chi connectivity index (χ1) is 8.22. The molecular formula is C13H18ClNO2. The second kappa shape index (κ2) is 7.30. The van der Waals surface area contributed by atoms with Gasteiger partial charge in [0.25, 0.3) is 5.91 Å². The van der Waals surface area contributed by atoms with Crippen molar-refractivity contribution >= 4 is 17.5 Å². The predicted octanol–water partition coefficient (Wildman–Crippen LogP) is 2.53. The van der Waals surface area contributed by atoms with E-state index in [9.17, 15) is 4.79 Å². The molecule has 4 heteroatoms. The van der Waals surface area contributed by atoms with Crippen LogP contribution >= 0.6 is 11.6 Å². The Morgan fingerprint density at radius 2 is 2.00 bits per heavy atom. The highest BCUT2D eigenvalue weighted by Crippen LogP contribution is 2.09. The van der Waals surface area contributed by atoms with Crippen molar-refractivity contribution in [3.8, 4) is 0 Å². The quantitative estimate of drug-likeness (QED) is 0.731. The largest absolute Gasteiger partial charge is 0.383 e. The fourth-order valence-corrected chi connectivity index (χ4v) is 1.70. The average Bonchev–Trinajstić information content (AvgIpc) is 2.39. The first-order valence-electron chi connectivity index (χ1n) is 5.66. The highest BCUT2D eigenvalue weighted by Gasteiger charge is 2.13. The van der Waals surface area contributed by atoms with Gasteiger partial charge in [0, 0.05) is 31.6 Å². The molecule has 0 aromatic heterocycles. The number of rotatable bonds is 6. The summed E-state index contributed by atoms with van der Waals surface area (Å²) in [6.45, 7) is 3.81. The predicted molar refractivity (Wildman–Crippen MR) is 69.5 cm³/mol. The second-order valence-electron chi connectivity index (χ2n) is 3.71. The maximum Gasteiger partial charge on any atom is 0.253 e. The summed E-state index contributed by atoms with van der Waals surface area (Å²) >= 11 is 5.71. The zero-order chi connectivity index (χ0) is 12.7. The lowest BCUT2D eigenvalue weighted by atomic mass is 10.1. The van der Waals surface area contributed by atoms with E-state index in [0.29, 0.717) is 31.1 Å². The van der Waals surface area contributed by atoms with Crippen LogP contribution in [-0.2, 0) is 10.6 Å². The number of hydrogen-bond donors (Lipinski definition) is 0. The molecule has 0 aliphatic carbocycles. The summed E-state index contributed by atoms with van der Waals surface area (Å²) in [5.74, 6) is 0.501. The van der Waals surface area contributed by atoms with Gasteiger partial charge in [-0.2, -0.15) is 0 Å². The van der Waals surface area contributed by atoms with Crippen LogP contribution in [0, 0.1) is 0 Å². The monoisotopic (exact) mass is 255 g/mol. The zero-order valence-corrected chi connectivity index (χ0v) is 11.0. The van der Waals surface area contributed by atoms with Gasteiger partial charge in [0.15, 0.2) is 0 Å². The summed E-state index contributed by atoms with van der Waals surface area (Å²) in [5, 5.41) is 0. The number of halogens is 1. The molecule has 1 aromatic rings. The Hall–Kier alpha value is -1.06. The number of nitrogens with zero attached hydrogens (tertiary/aromatic N) is 1. The molecule has 0 saturated heterocycles. The molecule has 0 atom stereocenters. The van der Waals surface area contributed by atoms with Gasteiger partial charge in [-0.15, -0.1) is 11.6 Å². The normalized spacial score (nSPS) is 10.3. The number of carbonyl (C=O) groups excluding carboxylic acids is 1. The number of hydrogen-bond acceptors (Lipinski definition) is 2. The van der Waals surface area contributed by atoms with Crippen LogP contribution in [0.15, 0.2) is 24.3 Å². The van der Waals surface area contributed by atoms with Crippen LogP contribution in [0.2, 0.25) is 0 Å². The van der Waals surface area contributed by atoms with Gasteiger partial charge >= 0.3 is 0 Å². The van der Waals surface area contributed by atoms with Crippen molar-refractivity contribution in [1.82, 2.24) is 4.90 Å². The fourth-order valence-electron chi connectivity index (χ4n) is 1.52. The van der Waals surface area contributed by atoms with Gasteiger partial charge < -0.3 is 9.64 Å². The smallest absolute Gasteiger partial charge is 0.253 e. The topological polar surface area (TPSA) is 29.5 Å². The molecule has 0 spiro atoms. The minimum atomic E-state index is 0.0330. The molecule has 0 bridgehead atoms. The molecule has 0 radical (unpaired) electrons. The van der Waals surface area contributed by atoms with Crippen LogP contribution in [0.4, 0.5) is 0 Å². The Kier molecular flexibility index (Phi) is 6.01. The molecule has 0 aliphatic heterocycles. The molecule has 94 valence electrons. The molecule has 3 nitrogen and oxygen atoms in total. The zero-order valence-electron chi connectivity index (χ0n) is 10.3. The molecule has 1 amide bonds. The standard InChI is InChI=1S/C13H18ClNO2/c1-3-15(8-9-17-2)13(16)12-6-4-11(10-14)5-7-12/h4-7H,3,8-10H2,1-2H3. The van der Waals surface area contributed by atoms with E-state index in [4.69, 9.17) is 16.3 Å². The molecule has 0 N–H and O–H groups in total. The summed E-state index contributed by atoms with van der Waals surface area (Å²) in [4.78, 5) is 13.9. The maximum atomic E-state index is 12.1. The highest BCUT2D eigenvalue weighted by atomic mass is 35.5. The lowest BCUT2D eigenvalue weighted by molar-refractivity contribution is 0.0706. The van der Waals surface area contributed by atoms with Crippen molar-refractivity contribution in [2.24, 2.45) is 0 Å². The molecular weight excluding hydrogens is 238 g/mol. The van der Waals surface area contributed by atoms with E-state index >= 15 is 0 Å². The van der Waals surface area contributed by atoms with E-state index in [1.54, 1.807) is 12.0 Å². The number of ether oxygens (including phenoxy) is 1. The molecule has 17 heavy (non-hydrogen) atoms. The van der Waals surface area contributed by atoms with Crippen LogP contribution in [0.3, 0.4) is 0 Å². The minimum Gasteiger partial charge on any atom is -0.383 e. The number of likely N-dealkylation sites (N-methyl/N-ethyl adjacent to an activating group) is 1. The minimum absolute atomic E-state index is 0.0330. The van der Waals surface area contributed by atoms with Gasteiger partial charge in [-0.1, -0.05) is 12.1 Å². The first-order valence-corrected chi connectivity index (χ1v) is 6.19. The number of methoxy groups -OCH3 is 1. The summed E-state index contributed by atoms with van der Waals surface area (Å²) in [5.41, 5.74) is 1.71. The molecule has 0 heterocycles. The summed E-state index contributed by atoms with van der Waals surface area (Å²) in [7, 11) is 1.63. The third kappa shape index (κ3) is 4.02. The van der Waals surface area contributed by atoms with E-state index in [-0.39, 0.29) is 5.91 Å². The van der Waals surface area contributed by atoms with E-state index in [0.717, 1.165) is 5.56 Å². The average molecular weight is 256 g/mol. The Labute approximate surface area is 107 Å². The Balaban J connectivity index is 2.71. The molecule has 0 saturated carbocycles. The van der Waals surface area contributed by atoms with Crippen LogP contribution < -0.4 is 0 Å². The third-order valence-corrected chi connectivity index (χ3v) is 2.90. The molecule has 0 unspecified atom stereocenters. The van der Waals surface area contributed by atoms with E-state index in [1.165, 1.54) is 0 Å². The lowest BCUT2D eigenvalue weighted by Crippen LogP contribution is -2.33. The lowest BCUT2D eigenvalue weighted by Gasteiger charge is -2.20. The SMILES string of the molecule is CCN(CCOC)C(=O)c1ccc(CCl)cc1. The second-order valence-corrected chi connectivity index (χ2v) is 3.98. The van der Waals surface area contributed by atoms with Crippen molar-refractivity contribution in [3.63, 3.8) is 0 Å². The van der Waals surface area contributed by atoms with Gasteiger partial charge in [0.1, 0.15) is 0 Å². The highest BCUT2D eigenvalue weighted by molar-refractivity contribution is 6.17. The number of alkyl halides is 1. The first kappa shape index (κ1) is 14.0. The molecule has 0 aliphatic rings. The number of carbonyl (C=O) groups is 1. The number of benzene rings is 1. The van der Waals surface area contributed by atoms with Crippen molar-refractivity contribution in [1.29, 1.82) is 0 Å². The van der Waals surface area contributed by atoms with Gasteiger partial charge in [-0.3, -0.25) is 4.79 Å². The Morgan fingerprint density at radius 1 is 1.35 bits per heavy atom.